The molecule has 0 radical (unpaired) electrons. The lowest BCUT2D eigenvalue weighted by molar-refractivity contribution is -0.118. The summed E-state index contributed by atoms with van der Waals surface area (Å²) in [6.07, 6.45) is 4.79. The minimum Gasteiger partial charge on any atom is -0.301 e. The Balaban J connectivity index is 2.09. The summed E-state index contributed by atoms with van der Waals surface area (Å²) in [5, 5.41) is 0. The summed E-state index contributed by atoms with van der Waals surface area (Å²) in [6, 6.07) is 5.88. The van der Waals surface area contributed by atoms with Crippen LogP contribution in [0.1, 0.15) is 47.0 Å². The molecule has 0 aromatic carbocycles. The van der Waals surface area contributed by atoms with Crippen molar-refractivity contribution in [1.82, 2.24) is 9.88 Å². The van der Waals surface area contributed by atoms with Gasteiger partial charge in [-0.3, -0.25) is 9.69 Å². The van der Waals surface area contributed by atoms with Crippen LogP contribution < -0.4 is 4.90 Å². The first-order valence-corrected chi connectivity index (χ1v) is 8.38. The first-order valence-electron chi connectivity index (χ1n) is 8.38. The largest absolute Gasteiger partial charge is 0.301 e. The van der Waals surface area contributed by atoms with Gasteiger partial charge in [0.05, 0.1) is 0 Å². The molecule has 1 amide bonds. The molecular formula is C18H29N3O. The Labute approximate surface area is 134 Å². The van der Waals surface area contributed by atoms with Crippen LogP contribution in [-0.2, 0) is 4.79 Å². The van der Waals surface area contributed by atoms with Gasteiger partial charge in [-0.25, -0.2) is 4.98 Å². The van der Waals surface area contributed by atoms with Gasteiger partial charge in [-0.15, -0.1) is 0 Å². The molecule has 0 spiro atoms. The number of amides is 1. The maximum absolute atomic E-state index is 12.4. The van der Waals surface area contributed by atoms with Gasteiger partial charge in [-0.1, -0.05) is 26.8 Å². The van der Waals surface area contributed by atoms with Crippen molar-refractivity contribution in [2.24, 2.45) is 5.41 Å². The predicted molar refractivity (Wildman–Crippen MR) is 90.9 cm³/mol. The number of anilines is 1. The van der Waals surface area contributed by atoms with Crippen LogP contribution in [0.5, 0.6) is 0 Å². The second-order valence-electron chi connectivity index (χ2n) is 7.16. The van der Waals surface area contributed by atoms with Crippen molar-refractivity contribution in [3.05, 3.63) is 24.4 Å². The van der Waals surface area contributed by atoms with Gasteiger partial charge in [0.25, 0.3) is 0 Å². The van der Waals surface area contributed by atoms with E-state index in [2.05, 4.69) is 30.7 Å². The second-order valence-corrected chi connectivity index (χ2v) is 7.16. The number of aromatic nitrogens is 1. The standard InChI is InChI=1S/C18H29N3O/c1-5-17(22)21(16-9-6-7-11-19-16)15(2)13-20-12-8-10-18(3,4)14-20/h6-7,9,11,15H,5,8,10,12-14H2,1-4H3. The molecule has 1 aliphatic rings. The summed E-state index contributed by atoms with van der Waals surface area (Å²) in [6.45, 7) is 11.8. The fourth-order valence-electron chi connectivity index (χ4n) is 3.42. The normalized spacial score (nSPS) is 19.6. The molecule has 1 fully saturated rings. The Hall–Kier alpha value is -1.42. The van der Waals surface area contributed by atoms with Crippen LogP contribution in [0.3, 0.4) is 0 Å². The van der Waals surface area contributed by atoms with Crippen molar-refractivity contribution < 1.29 is 4.79 Å². The van der Waals surface area contributed by atoms with E-state index in [9.17, 15) is 4.79 Å². The van der Waals surface area contributed by atoms with Crippen LogP contribution in [-0.4, -0.2) is 41.5 Å². The van der Waals surface area contributed by atoms with Gasteiger partial charge >= 0.3 is 0 Å². The Morgan fingerprint density at radius 3 is 2.82 bits per heavy atom. The van der Waals surface area contributed by atoms with Crippen molar-refractivity contribution in [3.8, 4) is 0 Å². The van der Waals surface area contributed by atoms with E-state index in [1.54, 1.807) is 6.20 Å². The number of nitrogens with zero attached hydrogens (tertiary/aromatic N) is 3. The summed E-state index contributed by atoms with van der Waals surface area (Å²) in [7, 11) is 0. The molecule has 0 N–H and O–H groups in total. The Morgan fingerprint density at radius 1 is 1.45 bits per heavy atom. The predicted octanol–water partition coefficient (Wildman–Crippen LogP) is 3.34. The zero-order valence-electron chi connectivity index (χ0n) is 14.4. The molecule has 2 heterocycles. The van der Waals surface area contributed by atoms with E-state index in [0.717, 1.165) is 25.5 Å². The van der Waals surface area contributed by atoms with E-state index in [1.165, 1.54) is 12.8 Å². The highest BCUT2D eigenvalue weighted by atomic mass is 16.2. The molecule has 2 rings (SSSR count). The molecule has 1 aliphatic heterocycles. The second kappa shape index (κ2) is 7.23. The van der Waals surface area contributed by atoms with Crippen LogP contribution in [0.2, 0.25) is 0 Å². The lowest BCUT2D eigenvalue weighted by atomic mass is 9.84. The average molecular weight is 303 g/mol. The fraction of sp³-hybridized carbons (Fsp3) is 0.667. The monoisotopic (exact) mass is 303 g/mol. The molecule has 1 unspecified atom stereocenters. The number of rotatable bonds is 5. The number of likely N-dealkylation sites (tertiary alicyclic amines) is 1. The van der Waals surface area contributed by atoms with Crippen LogP contribution >= 0.6 is 0 Å². The molecule has 1 aromatic rings. The van der Waals surface area contributed by atoms with Gasteiger partial charge in [0, 0.05) is 31.7 Å². The van der Waals surface area contributed by atoms with Gasteiger partial charge < -0.3 is 4.90 Å². The zero-order valence-corrected chi connectivity index (χ0v) is 14.4. The Morgan fingerprint density at radius 2 is 2.23 bits per heavy atom. The number of pyridine rings is 1. The Kier molecular flexibility index (Phi) is 5.57. The van der Waals surface area contributed by atoms with E-state index in [4.69, 9.17) is 0 Å². The summed E-state index contributed by atoms with van der Waals surface area (Å²) < 4.78 is 0. The van der Waals surface area contributed by atoms with Gasteiger partial charge in [0.1, 0.15) is 5.82 Å². The van der Waals surface area contributed by atoms with E-state index in [1.807, 2.05) is 30.0 Å². The van der Waals surface area contributed by atoms with Crippen molar-refractivity contribution in [2.75, 3.05) is 24.5 Å². The molecular weight excluding hydrogens is 274 g/mol. The summed E-state index contributed by atoms with van der Waals surface area (Å²) in [5.74, 6) is 0.903. The molecule has 4 heteroatoms. The van der Waals surface area contributed by atoms with Crippen molar-refractivity contribution in [1.29, 1.82) is 0 Å². The van der Waals surface area contributed by atoms with Gasteiger partial charge in [0.15, 0.2) is 0 Å². The molecule has 1 saturated heterocycles. The highest BCUT2D eigenvalue weighted by Crippen LogP contribution is 2.29. The third kappa shape index (κ3) is 4.29. The van der Waals surface area contributed by atoms with Crippen LogP contribution in [0.4, 0.5) is 5.82 Å². The molecule has 0 aliphatic carbocycles. The minimum atomic E-state index is 0.135. The smallest absolute Gasteiger partial charge is 0.228 e. The third-order valence-electron chi connectivity index (χ3n) is 4.41. The summed E-state index contributed by atoms with van der Waals surface area (Å²) in [4.78, 5) is 21.1. The highest BCUT2D eigenvalue weighted by molar-refractivity contribution is 5.92. The molecule has 0 bridgehead atoms. The fourth-order valence-corrected chi connectivity index (χ4v) is 3.42. The lowest BCUT2D eigenvalue weighted by Gasteiger charge is -2.40. The quantitative estimate of drug-likeness (QED) is 0.837. The van der Waals surface area contributed by atoms with Crippen LogP contribution in [0, 0.1) is 5.41 Å². The highest BCUT2D eigenvalue weighted by Gasteiger charge is 2.29. The minimum absolute atomic E-state index is 0.135. The third-order valence-corrected chi connectivity index (χ3v) is 4.41. The Bertz CT molecular complexity index is 486. The molecule has 22 heavy (non-hydrogen) atoms. The molecule has 0 saturated carbocycles. The van der Waals surface area contributed by atoms with E-state index in [-0.39, 0.29) is 11.9 Å². The maximum Gasteiger partial charge on any atom is 0.228 e. The van der Waals surface area contributed by atoms with Crippen molar-refractivity contribution in [2.45, 2.75) is 53.0 Å². The number of hydrogen-bond donors (Lipinski definition) is 0. The van der Waals surface area contributed by atoms with E-state index in [0.29, 0.717) is 11.8 Å². The summed E-state index contributed by atoms with van der Waals surface area (Å²) >= 11 is 0. The molecule has 1 aromatic heterocycles. The van der Waals surface area contributed by atoms with E-state index >= 15 is 0 Å². The number of hydrogen-bond acceptors (Lipinski definition) is 3. The lowest BCUT2D eigenvalue weighted by Crippen LogP contribution is -2.49. The van der Waals surface area contributed by atoms with Crippen LogP contribution in [0.15, 0.2) is 24.4 Å². The zero-order chi connectivity index (χ0) is 16.2. The van der Waals surface area contributed by atoms with Crippen molar-refractivity contribution >= 4 is 11.7 Å². The first-order chi connectivity index (χ1) is 10.4. The van der Waals surface area contributed by atoms with E-state index < -0.39 is 0 Å². The van der Waals surface area contributed by atoms with Crippen molar-refractivity contribution in [3.63, 3.8) is 0 Å². The molecule has 4 nitrogen and oxygen atoms in total. The topological polar surface area (TPSA) is 36.4 Å². The molecule has 1 atom stereocenters. The van der Waals surface area contributed by atoms with Gasteiger partial charge in [-0.2, -0.15) is 0 Å². The average Bonchev–Trinajstić information content (AvgIpc) is 2.47. The molecule has 122 valence electrons. The van der Waals surface area contributed by atoms with Gasteiger partial charge in [-0.05, 0) is 43.9 Å². The number of carbonyl (C=O) groups excluding carboxylic acids is 1. The number of carbonyl (C=O) groups is 1. The number of piperidine rings is 1. The first kappa shape index (κ1) is 16.9. The SMILES string of the molecule is CCC(=O)N(c1ccccn1)C(C)CN1CCCC(C)(C)C1. The maximum atomic E-state index is 12.4. The summed E-state index contributed by atoms with van der Waals surface area (Å²) in [5.41, 5.74) is 0.378. The van der Waals surface area contributed by atoms with Crippen LogP contribution in [0.25, 0.3) is 0 Å². The van der Waals surface area contributed by atoms with Gasteiger partial charge in [0.2, 0.25) is 5.91 Å².